The second-order valence-corrected chi connectivity index (χ2v) is 7.55. The van der Waals surface area contributed by atoms with E-state index in [4.69, 9.17) is 4.98 Å². The van der Waals surface area contributed by atoms with Gasteiger partial charge in [-0.3, -0.25) is 4.90 Å². The number of thiophene rings is 1. The Hall–Kier alpha value is -0.750. The Labute approximate surface area is 135 Å². The van der Waals surface area contributed by atoms with E-state index in [1.54, 1.807) is 16.2 Å². The van der Waals surface area contributed by atoms with E-state index in [0.29, 0.717) is 6.04 Å². The van der Waals surface area contributed by atoms with E-state index >= 15 is 0 Å². The van der Waals surface area contributed by atoms with Gasteiger partial charge < -0.3 is 5.32 Å². The lowest BCUT2D eigenvalue weighted by molar-refractivity contribution is 0.189. The van der Waals surface area contributed by atoms with Crippen molar-refractivity contribution >= 4 is 22.7 Å². The molecule has 5 heteroatoms. The second kappa shape index (κ2) is 7.01. The third kappa shape index (κ3) is 3.54. The van der Waals surface area contributed by atoms with Crippen LogP contribution in [0.25, 0.3) is 0 Å². The number of rotatable bonds is 6. The van der Waals surface area contributed by atoms with E-state index in [9.17, 15) is 0 Å². The standard InChI is InChI=1S/C16H23N3S2/c1-3-6-17-9-16-18-13(11-21-16)10-19-7-4-15-14(12(19)2)5-8-20-15/h5,8,11-12,17H,3-4,6-7,9-10H2,1-2H3. The highest BCUT2D eigenvalue weighted by atomic mass is 32.1. The molecule has 1 aliphatic heterocycles. The third-order valence-electron chi connectivity index (χ3n) is 4.07. The lowest BCUT2D eigenvalue weighted by Gasteiger charge is -2.32. The van der Waals surface area contributed by atoms with Gasteiger partial charge >= 0.3 is 0 Å². The molecule has 0 spiro atoms. The van der Waals surface area contributed by atoms with Gasteiger partial charge in [-0.2, -0.15) is 0 Å². The molecule has 1 unspecified atom stereocenters. The predicted octanol–water partition coefficient (Wildman–Crippen LogP) is 3.82. The molecular weight excluding hydrogens is 298 g/mol. The van der Waals surface area contributed by atoms with Gasteiger partial charge in [0.25, 0.3) is 0 Å². The summed E-state index contributed by atoms with van der Waals surface area (Å²) in [7, 11) is 0. The van der Waals surface area contributed by atoms with Crippen LogP contribution in [0, 0.1) is 0 Å². The first-order valence-corrected chi connectivity index (χ1v) is 9.48. The highest BCUT2D eigenvalue weighted by Crippen LogP contribution is 2.33. The zero-order chi connectivity index (χ0) is 14.7. The molecule has 0 fully saturated rings. The van der Waals surface area contributed by atoms with Crippen LogP contribution >= 0.6 is 22.7 Å². The number of nitrogens with one attached hydrogen (secondary N) is 1. The first-order valence-electron chi connectivity index (χ1n) is 7.72. The summed E-state index contributed by atoms with van der Waals surface area (Å²) < 4.78 is 0. The van der Waals surface area contributed by atoms with Crippen LogP contribution in [0.3, 0.4) is 0 Å². The van der Waals surface area contributed by atoms with Crippen LogP contribution in [0.5, 0.6) is 0 Å². The van der Waals surface area contributed by atoms with Crippen molar-refractivity contribution in [3.05, 3.63) is 38.0 Å². The van der Waals surface area contributed by atoms with Gasteiger partial charge in [-0.1, -0.05) is 6.92 Å². The van der Waals surface area contributed by atoms with Crippen molar-refractivity contribution in [3.63, 3.8) is 0 Å². The quantitative estimate of drug-likeness (QED) is 0.820. The summed E-state index contributed by atoms with van der Waals surface area (Å²) >= 11 is 3.68. The molecule has 0 aliphatic carbocycles. The molecule has 2 aromatic rings. The molecule has 3 rings (SSSR count). The van der Waals surface area contributed by atoms with E-state index in [2.05, 4.69) is 40.9 Å². The number of aromatic nitrogens is 1. The second-order valence-electron chi connectivity index (χ2n) is 5.60. The van der Waals surface area contributed by atoms with Crippen LogP contribution in [-0.2, 0) is 19.5 Å². The SMILES string of the molecule is CCCNCc1nc(CN2CCc3sccc3C2C)cs1. The molecular formula is C16H23N3S2. The fourth-order valence-electron chi connectivity index (χ4n) is 2.86. The summed E-state index contributed by atoms with van der Waals surface area (Å²) in [6, 6.07) is 2.81. The van der Waals surface area contributed by atoms with E-state index in [-0.39, 0.29) is 0 Å². The van der Waals surface area contributed by atoms with E-state index < -0.39 is 0 Å². The summed E-state index contributed by atoms with van der Waals surface area (Å²) in [4.78, 5) is 8.89. The Bertz CT molecular complexity index is 576. The third-order valence-corrected chi connectivity index (χ3v) is 5.97. The Kier molecular flexibility index (Phi) is 5.06. The minimum Gasteiger partial charge on any atom is -0.310 e. The summed E-state index contributed by atoms with van der Waals surface area (Å²) in [5, 5.41) is 9.08. The van der Waals surface area contributed by atoms with Crippen molar-refractivity contribution < 1.29 is 0 Å². The lowest BCUT2D eigenvalue weighted by atomic mass is 10.0. The Morgan fingerprint density at radius 2 is 2.33 bits per heavy atom. The molecule has 21 heavy (non-hydrogen) atoms. The fourth-order valence-corrected chi connectivity index (χ4v) is 4.58. The smallest absolute Gasteiger partial charge is 0.107 e. The maximum absolute atomic E-state index is 4.77. The van der Waals surface area contributed by atoms with Crippen molar-refractivity contribution in [2.24, 2.45) is 0 Å². The molecule has 0 saturated carbocycles. The maximum atomic E-state index is 4.77. The largest absolute Gasteiger partial charge is 0.310 e. The minimum absolute atomic E-state index is 0.517. The summed E-state index contributed by atoms with van der Waals surface area (Å²) in [6.45, 7) is 8.61. The molecule has 3 heterocycles. The van der Waals surface area contributed by atoms with E-state index in [0.717, 1.165) is 26.2 Å². The van der Waals surface area contributed by atoms with Crippen LogP contribution in [-0.4, -0.2) is 23.0 Å². The van der Waals surface area contributed by atoms with E-state index in [1.165, 1.54) is 29.1 Å². The Morgan fingerprint density at radius 3 is 3.19 bits per heavy atom. The van der Waals surface area contributed by atoms with Gasteiger partial charge in [-0.15, -0.1) is 22.7 Å². The molecule has 0 amide bonds. The average molecular weight is 322 g/mol. The van der Waals surface area contributed by atoms with Crippen molar-refractivity contribution in [1.82, 2.24) is 15.2 Å². The maximum Gasteiger partial charge on any atom is 0.107 e. The number of hydrogen-bond acceptors (Lipinski definition) is 5. The average Bonchev–Trinajstić information content (AvgIpc) is 3.12. The topological polar surface area (TPSA) is 28.2 Å². The molecule has 1 atom stereocenters. The molecule has 0 bridgehead atoms. The zero-order valence-electron chi connectivity index (χ0n) is 12.8. The van der Waals surface area contributed by atoms with Gasteiger partial charge in [-0.25, -0.2) is 4.98 Å². The van der Waals surface area contributed by atoms with Crippen molar-refractivity contribution in [2.45, 2.75) is 45.8 Å². The number of thiazole rings is 1. The van der Waals surface area contributed by atoms with Gasteiger partial charge in [0, 0.05) is 35.9 Å². The molecule has 2 aromatic heterocycles. The molecule has 0 aromatic carbocycles. The normalized spacial score (nSPS) is 18.9. The molecule has 114 valence electrons. The van der Waals surface area contributed by atoms with Crippen molar-refractivity contribution in [3.8, 4) is 0 Å². The van der Waals surface area contributed by atoms with Gasteiger partial charge in [0.05, 0.1) is 5.69 Å². The fraction of sp³-hybridized carbons (Fsp3) is 0.562. The highest BCUT2D eigenvalue weighted by molar-refractivity contribution is 7.10. The minimum atomic E-state index is 0.517. The van der Waals surface area contributed by atoms with Gasteiger partial charge in [0.15, 0.2) is 0 Å². The van der Waals surface area contributed by atoms with E-state index in [1.807, 2.05) is 11.3 Å². The molecule has 1 aliphatic rings. The number of nitrogens with zero attached hydrogens (tertiary/aromatic N) is 2. The van der Waals surface area contributed by atoms with Gasteiger partial charge in [0.1, 0.15) is 5.01 Å². The van der Waals surface area contributed by atoms with Crippen molar-refractivity contribution in [2.75, 3.05) is 13.1 Å². The molecule has 3 nitrogen and oxygen atoms in total. The van der Waals surface area contributed by atoms with Crippen LogP contribution < -0.4 is 5.32 Å². The monoisotopic (exact) mass is 321 g/mol. The number of fused-ring (bicyclic) bond motifs is 1. The molecule has 1 N–H and O–H groups in total. The van der Waals surface area contributed by atoms with Gasteiger partial charge in [-0.05, 0) is 43.3 Å². The van der Waals surface area contributed by atoms with Crippen LogP contribution in [0.1, 0.15) is 47.5 Å². The Balaban J connectivity index is 1.60. The summed E-state index contributed by atoms with van der Waals surface area (Å²) in [6.07, 6.45) is 2.36. The van der Waals surface area contributed by atoms with Gasteiger partial charge in [0.2, 0.25) is 0 Å². The highest BCUT2D eigenvalue weighted by Gasteiger charge is 2.25. The lowest BCUT2D eigenvalue weighted by Crippen LogP contribution is -2.32. The predicted molar refractivity (Wildman–Crippen MR) is 91.0 cm³/mol. The summed E-state index contributed by atoms with van der Waals surface area (Å²) in [5.41, 5.74) is 2.74. The number of hydrogen-bond donors (Lipinski definition) is 1. The van der Waals surface area contributed by atoms with Crippen LogP contribution in [0.4, 0.5) is 0 Å². The van der Waals surface area contributed by atoms with Crippen LogP contribution in [0.2, 0.25) is 0 Å². The molecule has 0 radical (unpaired) electrons. The Morgan fingerprint density at radius 1 is 1.43 bits per heavy atom. The first kappa shape index (κ1) is 15.2. The van der Waals surface area contributed by atoms with Crippen LogP contribution in [0.15, 0.2) is 16.8 Å². The zero-order valence-corrected chi connectivity index (χ0v) is 14.4. The van der Waals surface area contributed by atoms with Crippen molar-refractivity contribution in [1.29, 1.82) is 0 Å². The first-order chi connectivity index (χ1) is 10.3. The molecule has 0 saturated heterocycles. The summed E-state index contributed by atoms with van der Waals surface area (Å²) in [5.74, 6) is 0.